The first-order chi connectivity index (χ1) is 14.5. The maximum atomic E-state index is 13.2. The zero-order valence-electron chi connectivity index (χ0n) is 18.0. The summed E-state index contributed by atoms with van der Waals surface area (Å²) >= 11 is 0. The lowest BCUT2D eigenvalue weighted by atomic mass is 9.99. The number of anilines is 1. The third-order valence-electron chi connectivity index (χ3n) is 6.51. The topological polar surface area (TPSA) is 43.9 Å². The average Bonchev–Trinajstić information content (AvgIpc) is 2.79. The first-order valence-corrected chi connectivity index (χ1v) is 11.0. The number of rotatable bonds is 4. The Balaban J connectivity index is 1.40. The molecule has 0 bridgehead atoms. The van der Waals surface area contributed by atoms with Gasteiger partial charge in [0.25, 0.3) is 5.91 Å². The lowest BCUT2D eigenvalue weighted by Gasteiger charge is -2.44. The van der Waals surface area contributed by atoms with E-state index >= 15 is 0 Å². The van der Waals surface area contributed by atoms with Crippen molar-refractivity contribution >= 4 is 17.4 Å². The van der Waals surface area contributed by atoms with Crippen LogP contribution in [0.15, 0.2) is 48.5 Å². The highest BCUT2D eigenvalue weighted by atomic mass is 16.2. The Hall–Kier alpha value is -2.66. The van der Waals surface area contributed by atoms with Gasteiger partial charge in [-0.3, -0.25) is 14.5 Å². The molecule has 0 unspecified atom stereocenters. The van der Waals surface area contributed by atoms with Gasteiger partial charge in [-0.1, -0.05) is 36.4 Å². The van der Waals surface area contributed by atoms with E-state index in [1.807, 2.05) is 17.0 Å². The molecule has 5 heteroatoms. The van der Waals surface area contributed by atoms with Crippen LogP contribution in [0.1, 0.15) is 46.0 Å². The average molecular weight is 406 g/mol. The van der Waals surface area contributed by atoms with Crippen LogP contribution in [-0.4, -0.2) is 66.8 Å². The van der Waals surface area contributed by atoms with E-state index in [0.717, 1.165) is 52.1 Å². The number of piperidine rings is 1. The summed E-state index contributed by atoms with van der Waals surface area (Å²) in [7, 11) is 0. The van der Waals surface area contributed by atoms with Crippen LogP contribution in [-0.2, 0) is 0 Å². The predicted molar refractivity (Wildman–Crippen MR) is 120 cm³/mol. The number of ketones is 1. The van der Waals surface area contributed by atoms with Crippen LogP contribution in [0.2, 0.25) is 0 Å². The Kier molecular flexibility index (Phi) is 6.18. The summed E-state index contributed by atoms with van der Waals surface area (Å²) in [4.78, 5) is 32.1. The van der Waals surface area contributed by atoms with E-state index < -0.39 is 0 Å². The number of nitrogens with zero attached hydrogens (tertiary/aromatic N) is 3. The minimum absolute atomic E-state index is 0.0101. The first-order valence-electron chi connectivity index (χ1n) is 11.0. The number of likely N-dealkylation sites (tertiary alicyclic amines) is 1. The number of aryl methyl sites for hydroxylation is 1. The standard InChI is InChI=1S/C25H31N3O2/c1-19-8-3-6-12-24(19)27-16-14-26(15-17-27)21-9-7-13-28(18-21)25(30)23-11-5-4-10-22(23)20(2)29/h3-6,8,10-12,21H,7,9,13-18H2,1-2H3/t21-/m0/s1. The molecule has 0 saturated carbocycles. The summed E-state index contributed by atoms with van der Waals surface area (Å²) in [5, 5.41) is 0. The smallest absolute Gasteiger partial charge is 0.254 e. The SMILES string of the molecule is CC(=O)c1ccccc1C(=O)N1CCC[C@H](N2CCN(c3ccccc3C)CC2)C1. The summed E-state index contributed by atoms with van der Waals surface area (Å²) in [5.41, 5.74) is 3.72. The normalized spacial score (nSPS) is 20.3. The third-order valence-corrected chi connectivity index (χ3v) is 6.51. The van der Waals surface area contributed by atoms with Gasteiger partial charge in [-0.2, -0.15) is 0 Å². The van der Waals surface area contributed by atoms with E-state index in [-0.39, 0.29) is 11.7 Å². The molecule has 5 nitrogen and oxygen atoms in total. The van der Waals surface area contributed by atoms with Crippen molar-refractivity contribution in [2.24, 2.45) is 0 Å². The predicted octanol–water partition coefficient (Wildman–Crippen LogP) is 3.62. The molecule has 0 radical (unpaired) electrons. The van der Waals surface area contributed by atoms with E-state index in [0.29, 0.717) is 17.2 Å². The minimum atomic E-state index is -0.0557. The monoisotopic (exact) mass is 405 g/mol. The van der Waals surface area contributed by atoms with Gasteiger partial charge in [0.2, 0.25) is 0 Å². The number of amides is 1. The molecular formula is C25H31N3O2. The molecule has 2 aromatic carbocycles. The molecule has 0 spiro atoms. The molecule has 0 aromatic heterocycles. The van der Waals surface area contributed by atoms with Crippen molar-refractivity contribution < 1.29 is 9.59 Å². The largest absolute Gasteiger partial charge is 0.369 e. The zero-order valence-corrected chi connectivity index (χ0v) is 18.0. The number of carbonyl (C=O) groups is 2. The number of benzene rings is 2. The van der Waals surface area contributed by atoms with Gasteiger partial charge in [0.1, 0.15) is 0 Å². The van der Waals surface area contributed by atoms with Crippen LogP contribution in [0.4, 0.5) is 5.69 Å². The lowest BCUT2D eigenvalue weighted by molar-refractivity contribution is 0.0561. The molecule has 1 atom stereocenters. The summed E-state index contributed by atoms with van der Waals surface area (Å²) in [6.45, 7) is 9.28. The quantitative estimate of drug-likeness (QED) is 0.729. The maximum absolute atomic E-state index is 13.2. The molecule has 30 heavy (non-hydrogen) atoms. The van der Waals surface area contributed by atoms with Gasteiger partial charge in [0.05, 0.1) is 5.56 Å². The van der Waals surface area contributed by atoms with Gasteiger partial charge >= 0.3 is 0 Å². The molecule has 2 fully saturated rings. The van der Waals surface area contributed by atoms with Crippen LogP contribution >= 0.6 is 0 Å². The molecule has 1 amide bonds. The molecule has 2 saturated heterocycles. The van der Waals surface area contributed by atoms with Crippen molar-refractivity contribution in [3.05, 3.63) is 65.2 Å². The molecule has 2 aliphatic rings. The number of carbonyl (C=O) groups excluding carboxylic acids is 2. The van der Waals surface area contributed by atoms with Gasteiger partial charge in [0.15, 0.2) is 5.78 Å². The van der Waals surface area contributed by atoms with E-state index in [2.05, 4.69) is 41.0 Å². The summed E-state index contributed by atoms with van der Waals surface area (Å²) in [6, 6.07) is 16.2. The zero-order chi connectivity index (χ0) is 21.1. The maximum Gasteiger partial charge on any atom is 0.254 e. The van der Waals surface area contributed by atoms with Crippen LogP contribution in [0, 0.1) is 6.92 Å². The van der Waals surface area contributed by atoms with Crippen LogP contribution < -0.4 is 4.90 Å². The van der Waals surface area contributed by atoms with Crippen molar-refractivity contribution in [1.29, 1.82) is 0 Å². The summed E-state index contributed by atoms with van der Waals surface area (Å²) in [6.07, 6.45) is 2.14. The van der Waals surface area contributed by atoms with Crippen LogP contribution in [0.3, 0.4) is 0 Å². The molecular weight excluding hydrogens is 374 g/mol. The Labute approximate surface area is 179 Å². The lowest BCUT2D eigenvalue weighted by Crippen LogP contribution is -2.56. The van der Waals surface area contributed by atoms with Gasteiger partial charge in [0, 0.05) is 56.6 Å². The molecule has 158 valence electrons. The van der Waals surface area contributed by atoms with Crippen molar-refractivity contribution in [3.8, 4) is 0 Å². The number of piperazine rings is 1. The Morgan fingerprint density at radius 2 is 1.53 bits per heavy atom. The second-order valence-electron chi connectivity index (χ2n) is 8.46. The first kappa shape index (κ1) is 20.6. The van der Waals surface area contributed by atoms with Gasteiger partial charge in [-0.25, -0.2) is 0 Å². The fourth-order valence-electron chi connectivity index (χ4n) is 4.83. The van der Waals surface area contributed by atoms with Gasteiger partial charge in [-0.05, 0) is 44.4 Å². The molecule has 0 aliphatic carbocycles. The fourth-order valence-corrected chi connectivity index (χ4v) is 4.83. The van der Waals surface area contributed by atoms with E-state index in [1.165, 1.54) is 18.2 Å². The number of hydrogen-bond donors (Lipinski definition) is 0. The van der Waals surface area contributed by atoms with Gasteiger partial charge in [-0.15, -0.1) is 0 Å². The Bertz CT molecular complexity index is 918. The fraction of sp³-hybridized carbons (Fsp3) is 0.440. The van der Waals surface area contributed by atoms with Crippen molar-refractivity contribution in [1.82, 2.24) is 9.80 Å². The minimum Gasteiger partial charge on any atom is -0.369 e. The van der Waals surface area contributed by atoms with Crippen molar-refractivity contribution in [3.63, 3.8) is 0 Å². The molecule has 2 aromatic rings. The van der Waals surface area contributed by atoms with E-state index in [9.17, 15) is 9.59 Å². The van der Waals surface area contributed by atoms with Crippen molar-refractivity contribution in [2.75, 3.05) is 44.2 Å². The summed E-state index contributed by atoms with van der Waals surface area (Å²) in [5.74, 6) is -0.0658. The molecule has 0 N–H and O–H groups in total. The highest BCUT2D eigenvalue weighted by Gasteiger charge is 2.31. The molecule has 2 aliphatic heterocycles. The number of Topliss-reactive ketones (excluding diaryl/α,β-unsaturated/α-hetero) is 1. The number of para-hydroxylation sites is 1. The Morgan fingerprint density at radius 1 is 0.867 bits per heavy atom. The number of hydrogen-bond acceptors (Lipinski definition) is 4. The van der Waals surface area contributed by atoms with E-state index in [4.69, 9.17) is 0 Å². The van der Waals surface area contributed by atoms with Crippen LogP contribution in [0.25, 0.3) is 0 Å². The van der Waals surface area contributed by atoms with Crippen molar-refractivity contribution in [2.45, 2.75) is 32.7 Å². The van der Waals surface area contributed by atoms with Crippen LogP contribution in [0.5, 0.6) is 0 Å². The highest BCUT2D eigenvalue weighted by molar-refractivity contribution is 6.07. The Morgan fingerprint density at radius 3 is 2.23 bits per heavy atom. The van der Waals surface area contributed by atoms with E-state index in [1.54, 1.807) is 12.1 Å². The molecule has 4 rings (SSSR count). The highest BCUT2D eigenvalue weighted by Crippen LogP contribution is 2.24. The summed E-state index contributed by atoms with van der Waals surface area (Å²) < 4.78 is 0. The second-order valence-corrected chi connectivity index (χ2v) is 8.46. The van der Waals surface area contributed by atoms with Gasteiger partial charge < -0.3 is 9.80 Å². The second kappa shape index (κ2) is 9.00. The third kappa shape index (κ3) is 4.26. The molecule has 2 heterocycles.